The minimum absolute atomic E-state index is 0.0723. The van der Waals surface area contributed by atoms with Crippen molar-refractivity contribution in [3.63, 3.8) is 0 Å². The van der Waals surface area contributed by atoms with Crippen LogP contribution >= 0.6 is 11.3 Å². The molecule has 0 aliphatic carbocycles. The van der Waals surface area contributed by atoms with E-state index in [-0.39, 0.29) is 15.7 Å². The van der Waals surface area contributed by atoms with Gasteiger partial charge in [-0.2, -0.15) is 10.1 Å². The fraction of sp³-hybridized carbons (Fsp3) is 0.125. The number of thiophene rings is 1. The Labute approximate surface area is 106 Å². The van der Waals surface area contributed by atoms with Crippen molar-refractivity contribution in [2.24, 2.45) is 0 Å². The van der Waals surface area contributed by atoms with Gasteiger partial charge in [0, 0.05) is 0 Å². The molecule has 0 amide bonds. The fourth-order valence-corrected chi connectivity index (χ4v) is 3.95. The van der Waals surface area contributed by atoms with Gasteiger partial charge in [-0.15, -0.1) is 11.3 Å². The Morgan fingerprint density at radius 1 is 1.56 bits per heavy atom. The van der Waals surface area contributed by atoms with Crippen molar-refractivity contribution < 1.29 is 18.3 Å². The van der Waals surface area contributed by atoms with E-state index in [0.29, 0.717) is 5.56 Å². The molecule has 0 unspecified atom stereocenters. The highest BCUT2D eigenvalue weighted by atomic mass is 32.2. The van der Waals surface area contributed by atoms with Crippen molar-refractivity contribution in [2.45, 2.75) is 11.8 Å². The first-order valence-electron chi connectivity index (χ1n) is 4.61. The summed E-state index contributed by atoms with van der Waals surface area (Å²) in [6.07, 6.45) is 1.14. The van der Waals surface area contributed by atoms with Gasteiger partial charge in [-0.1, -0.05) is 0 Å². The predicted octanol–water partition coefficient (Wildman–Crippen LogP) is 0.674. The minimum atomic E-state index is -4.00. The van der Waals surface area contributed by atoms with Crippen LogP contribution in [0.15, 0.2) is 16.6 Å². The van der Waals surface area contributed by atoms with Gasteiger partial charge in [0.25, 0.3) is 10.0 Å². The van der Waals surface area contributed by atoms with E-state index in [0.717, 1.165) is 17.7 Å². The largest absolute Gasteiger partial charge is 0.477 e. The number of carboxylic acid groups (broad SMARTS) is 1. The number of hydrogen-bond donors (Lipinski definition) is 3. The number of carboxylic acids is 1. The van der Waals surface area contributed by atoms with Gasteiger partial charge in [0.2, 0.25) is 5.95 Å². The fourth-order valence-electron chi connectivity index (χ4n) is 1.35. The lowest BCUT2D eigenvalue weighted by molar-refractivity contribution is 0.0698. The third-order valence-corrected chi connectivity index (χ3v) is 4.77. The third-order valence-electron chi connectivity index (χ3n) is 2.03. The first-order valence-corrected chi connectivity index (χ1v) is 6.97. The third kappa shape index (κ3) is 2.19. The van der Waals surface area contributed by atoms with Crippen LogP contribution in [0.3, 0.4) is 0 Å². The number of nitrogens with zero attached hydrogens (tertiary/aromatic N) is 2. The number of anilines is 1. The molecule has 0 bridgehead atoms. The number of aryl methyl sites for hydroxylation is 1. The smallest absolute Gasteiger partial charge is 0.347 e. The second-order valence-corrected chi connectivity index (χ2v) is 5.82. The Hall–Kier alpha value is -1.94. The van der Waals surface area contributed by atoms with Gasteiger partial charge in [-0.3, -0.25) is 0 Å². The first kappa shape index (κ1) is 12.5. The zero-order valence-corrected chi connectivity index (χ0v) is 10.7. The molecule has 3 N–H and O–H groups in total. The predicted molar refractivity (Wildman–Crippen MR) is 63.2 cm³/mol. The van der Waals surface area contributed by atoms with Crippen LogP contribution in [0, 0.1) is 6.92 Å². The number of rotatable bonds is 4. The summed E-state index contributed by atoms with van der Waals surface area (Å²) in [6, 6.07) is 0. The average molecular weight is 288 g/mol. The van der Waals surface area contributed by atoms with E-state index >= 15 is 0 Å². The number of H-pyrrole nitrogens is 1. The Morgan fingerprint density at radius 2 is 2.28 bits per heavy atom. The van der Waals surface area contributed by atoms with E-state index in [4.69, 9.17) is 5.11 Å². The summed E-state index contributed by atoms with van der Waals surface area (Å²) < 4.78 is 26.2. The van der Waals surface area contributed by atoms with Gasteiger partial charge in [-0.25, -0.2) is 23.0 Å². The first-order chi connectivity index (χ1) is 8.42. The molecule has 10 heteroatoms. The standard InChI is InChI=1S/C8H8N4O4S2/c1-4-2-17-5(7(13)14)6(4)18(15,16)12-8-9-3-10-11-8/h2-3H,1H3,(H,13,14)(H2,9,10,11,12). The van der Waals surface area contributed by atoms with Crippen LogP contribution in [0.25, 0.3) is 0 Å². The van der Waals surface area contributed by atoms with Crippen LogP contribution < -0.4 is 4.72 Å². The molecular weight excluding hydrogens is 280 g/mol. The molecular formula is C8H8N4O4S2. The Bertz CT molecular complexity index is 674. The number of aromatic nitrogens is 3. The van der Waals surface area contributed by atoms with E-state index in [2.05, 4.69) is 19.9 Å². The normalized spacial score (nSPS) is 11.4. The maximum atomic E-state index is 12.1. The van der Waals surface area contributed by atoms with Gasteiger partial charge in [0.05, 0.1) is 0 Å². The summed E-state index contributed by atoms with van der Waals surface area (Å²) in [7, 11) is -4.00. The molecule has 0 atom stereocenters. The van der Waals surface area contributed by atoms with Gasteiger partial charge < -0.3 is 5.11 Å². The van der Waals surface area contributed by atoms with Crippen LogP contribution in [0.4, 0.5) is 5.95 Å². The highest BCUT2D eigenvalue weighted by molar-refractivity contribution is 7.93. The second-order valence-electron chi connectivity index (χ2n) is 3.32. The quantitative estimate of drug-likeness (QED) is 0.759. The molecule has 8 nitrogen and oxygen atoms in total. The highest BCUT2D eigenvalue weighted by Crippen LogP contribution is 2.27. The zero-order chi connectivity index (χ0) is 13.3. The molecule has 2 heterocycles. The van der Waals surface area contributed by atoms with E-state index in [1.807, 2.05) is 0 Å². The molecule has 0 aliphatic rings. The van der Waals surface area contributed by atoms with Crippen LogP contribution in [0.5, 0.6) is 0 Å². The topological polar surface area (TPSA) is 125 Å². The number of sulfonamides is 1. The maximum Gasteiger partial charge on any atom is 0.347 e. The van der Waals surface area contributed by atoms with Crippen molar-refractivity contribution in [1.82, 2.24) is 15.2 Å². The number of hydrogen-bond acceptors (Lipinski definition) is 6. The van der Waals surface area contributed by atoms with Crippen LogP contribution in [-0.4, -0.2) is 34.7 Å². The number of aromatic amines is 1. The minimum Gasteiger partial charge on any atom is -0.477 e. The van der Waals surface area contributed by atoms with Gasteiger partial charge in [0.1, 0.15) is 16.1 Å². The molecule has 0 spiro atoms. The molecule has 0 saturated heterocycles. The number of carbonyl (C=O) groups is 1. The Balaban J connectivity index is 2.47. The molecule has 0 saturated carbocycles. The Morgan fingerprint density at radius 3 is 2.83 bits per heavy atom. The van der Waals surface area contributed by atoms with E-state index < -0.39 is 16.0 Å². The summed E-state index contributed by atoms with van der Waals surface area (Å²) in [5.41, 5.74) is 0.365. The Kier molecular flexibility index (Phi) is 3.05. The molecule has 96 valence electrons. The summed E-state index contributed by atoms with van der Waals surface area (Å²) in [5.74, 6) is -1.36. The SMILES string of the molecule is Cc1csc(C(=O)O)c1S(=O)(=O)Nc1ncn[nH]1. The van der Waals surface area contributed by atoms with Crippen molar-refractivity contribution in [2.75, 3.05) is 4.72 Å². The summed E-state index contributed by atoms with van der Waals surface area (Å²) in [6.45, 7) is 1.53. The molecule has 0 radical (unpaired) electrons. The second kappa shape index (κ2) is 4.38. The van der Waals surface area contributed by atoms with Gasteiger partial charge in [-0.05, 0) is 17.9 Å². The summed E-state index contributed by atoms with van der Waals surface area (Å²) in [4.78, 5) is 14.1. The molecule has 2 aromatic heterocycles. The van der Waals surface area contributed by atoms with E-state index in [9.17, 15) is 13.2 Å². The summed E-state index contributed by atoms with van der Waals surface area (Å²) in [5, 5.41) is 16.2. The van der Waals surface area contributed by atoms with Crippen molar-refractivity contribution in [3.8, 4) is 0 Å². The molecule has 0 fully saturated rings. The number of nitrogens with one attached hydrogen (secondary N) is 2. The summed E-state index contributed by atoms with van der Waals surface area (Å²) >= 11 is 0.859. The molecule has 2 aromatic rings. The molecule has 2 rings (SSSR count). The highest BCUT2D eigenvalue weighted by Gasteiger charge is 2.27. The maximum absolute atomic E-state index is 12.1. The monoisotopic (exact) mass is 288 g/mol. The lowest BCUT2D eigenvalue weighted by atomic mass is 10.3. The van der Waals surface area contributed by atoms with Crippen LogP contribution in [0.1, 0.15) is 15.2 Å². The number of aromatic carboxylic acids is 1. The van der Waals surface area contributed by atoms with Crippen LogP contribution in [0.2, 0.25) is 0 Å². The van der Waals surface area contributed by atoms with Crippen molar-refractivity contribution >= 4 is 33.3 Å². The molecule has 0 aliphatic heterocycles. The van der Waals surface area contributed by atoms with E-state index in [1.165, 1.54) is 12.3 Å². The zero-order valence-electron chi connectivity index (χ0n) is 9.04. The van der Waals surface area contributed by atoms with Crippen molar-refractivity contribution in [3.05, 3.63) is 22.1 Å². The van der Waals surface area contributed by atoms with Crippen molar-refractivity contribution in [1.29, 1.82) is 0 Å². The molecule has 0 aromatic carbocycles. The van der Waals surface area contributed by atoms with E-state index in [1.54, 1.807) is 0 Å². The molecule has 18 heavy (non-hydrogen) atoms. The lowest BCUT2D eigenvalue weighted by Gasteiger charge is -2.05. The lowest BCUT2D eigenvalue weighted by Crippen LogP contribution is -2.17. The average Bonchev–Trinajstić information content (AvgIpc) is 2.86. The van der Waals surface area contributed by atoms with Crippen LogP contribution in [-0.2, 0) is 10.0 Å². The van der Waals surface area contributed by atoms with Gasteiger partial charge >= 0.3 is 5.97 Å². The van der Waals surface area contributed by atoms with Gasteiger partial charge in [0.15, 0.2) is 0 Å².